The van der Waals surface area contributed by atoms with Crippen LogP contribution in [-0.4, -0.2) is 19.2 Å². The van der Waals surface area contributed by atoms with E-state index in [1.54, 1.807) is 13.2 Å². The largest absolute Gasteiger partial charge is 0.482 e. The van der Waals surface area contributed by atoms with Gasteiger partial charge in [-0.3, -0.25) is 0 Å². The van der Waals surface area contributed by atoms with Crippen molar-refractivity contribution in [1.29, 1.82) is 0 Å². The van der Waals surface area contributed by atoms with Gasteiger partial charge in [-0.1, -0.05) is 24.3 Å². The van der Waals surface area contributed by atoms with Crippen LogP contribution < -0.4 is 4.74 Å². The zero-order valence-corrected chi connectivity index (χ0v) is 12.2. The lowest BCUT2D eigenvalue weighted by Crippen LogP contribution is -2.14. The standard InChI is InChI=1S/C18H16O4/c1-2-20-17(19)12-21-15-9-7-13(8-10-15)18-16-6-4-3-5-14(16)11-22-18/h3-11H,2,12H2,1H3. The summed E-state index contributed by atoms with van der Waals surface area (Å²) >= 11 is 0. The molecule has 0 saturated carbocycles. The van der Waals surface area contributed by atoms with Crippen molar-refractivity contribution in [3.63, 3.8) is 0 Å². The first-order chi connectivity index (χ1) is 10.8. The van der Waals surface area contributed by atoms with Gasteiger partial charge in [0.1, 0.15) is 11.5 Å². The van der Waals surface area contributed by atoms with Crippen molar-refractivity contribution in [2.75, 3.05) is 13.2 Å². The van der Waals surface area contributed by atoms with Gasteiger partial charge in [-0.2, -0.15) is 0 Å². The van der Waals surface area contributed by atoms with Gasteiger partial charge in [0.2, 0.25) is 0 Å². The molecule has 1 aromatic heterocycles. The molecule has 0 spiro atoms. The minimum Gasteiger partial charge on any atom is -0.482 e. The van der Waals surface area contributed by atoms with Crippen molar-refractivity contribution < 1.29 is 18.7 Å². The van der Waals surface area contributed by atoms with Crippen molar-refractivity contribution in [2.45, 2.75) is 6.92 Å². The van der Waals surface area contributed by atoms with Crippen LogP contribution in [0.4, 0.5) is 0 Å². The average Bonchev–Trinajstić information content (AvgIpc) is 2.98. The molecule has 0 radical (unpaired) electrons. The molecule has 22 heavy (non-hydrogen) atoms. The van der Waals surface area contributed by atoms with Crippen LogP contribution in [0.25, 0.3) is 22.1 Å². The molecular formula is C18H16O4. The maximum atomic E-state index is 11.3. The van der Waals surface area contributed by atoms with Gasteiger partial charge in [0.25, 0.3) is 0 Å². The number of ether oxygens (including phenoxy) is 2. The first-order valence-corrected chi connectivity index (χ1v) is 7.13. The van der Waals surface area contributed by atoms with E-state index in [-0.39, 0.29) is 12.6 Å². The van der Waals surface area contributed by atoms with E-state index in [2.05, 4.69) is 0 Å². The Balaban J connectivity index is 1.75. The Morgan fingerprint density at radius 3 is 2.64 bits per heavy atom. The van der Waals surface area contributed by atoms with Crippen LogP contribution in [0.1, 0.15) is 6.92 Å². The quantitative estimate of drug-likeness (QED) is 0.667. The predicted octanol–water partition coefficient (Wildman–Crippen LogP) is 4.04. The molecule has 3 rings (SSSR count). The summed E-state index contributed by atoms with van der Waals surface area (Å²) in [7, 11) is 0. The van der Waals surface area contributed by atoms with Gasteiger partial charge < -0.3 is 13.9 Å². The maximum absolute atomic E-state index is 11.3. The SMILES string of the molecule is CCOC(=O)COc1ccc(-c2occ3ccccc23)cc1. The van der Waals surface area contributed by atoms with Gasteiger partial charge >= 0.3 is 5.97 Å². The Labute approximate surface area is 128 Å². The molecular weight excluding hydrogens is 280 g/mol. The van der Waals surface area contributed by atoms with Crippen LogP contribution >= 0.6 is 0 Å². The molecule has 0 bridgehead atoms. The monoisotopic (exact) mass is 296 g/mol. The summed E-state index contributed by atoms with van der Waals surface area (Å²) in [6.45, 7) is 2.03. The highest BCUT2D eigenvalue weighted by Crippen LogP contribution is 2.31. The highest BCUT2D eigenvalue weighted by molar-refractivity contribution is 5.94. The third-order valence-electron chi connectivity index (χ3n) is 3.29. The van der Waals surface area contributed by atoms with E-state index >= 15 is 0 Å². The number of hydrogen-bond donors (Lipinski definition) is 0. The summed E-state index contributed by atoms with van der Waals surface area (Å²) < 4.78 is 15.8. The fourth-order valence-corrected chi connectivity index (χ4v) is 2.26. The lowest BCUT2D eigenvalue weighted by Gasteiger charge is -2.06. The van der Waals surface area contributed by atoms with Crippen molar-refractivity contribution in [3.05, 3.63) is 54.8 Å². The first kappa shape index (κ1) is 14.2. The number of esters is 1. The minimum atomic E-state index is -0.372. The van der Waals surface area contributed by atoms with Crippen molar-refractivity contribution in [3.8, 4) is 17.1 Å². The minimum absolute atomic E-state index is 0.0864. The number of fused-ring (bicyclic) bond motifs is 1. The number of carbonyl (C=O) groups excluding carboxylic acids is 1. The fourth-order valence-electron chi connectivity index (χ4n) is 2.26. The first-order valence-electron chi connectivity index (χ1n) is 7.13. The molecule has 0 aliphatic heterocycles. The van der Waals surface area contributed by atoms with Crippen molar-refractivity contribution >= 4 is 16.7 Å². The highest BCUT2D eigenvalue weighted by atomic mass is 16.6. The second-order valence-electron chi connectivity index (χ2n) is 4.77. The topological polar surface area (TPSA) is 48.7 Å². The molecule has 0 atom stereocenters. The maximum Gasteiger partial charge on any atom is 0.344 e. The van der Waals surface area contributed by atoms with Gasteiger partial charge in [0.15, 0.2) is 6.61 Å². The molecule has 4 nitrogen and oxygen atoms in total. The summed E-state index contributed by atoms with van der Waals surface area (Å²) in [5.74, 6) is 1.07. The van der Waals surface area contributed by atoms with E-state index in [9.17, 15) is 4.79 Å². The van der Waals surface area contributed by atoms with Gasteiger partial charge in [-0.15, -0.1) is 0 Å². The van der Waals surface area contributed by atoms with E-state index in [1.807, 2.05) is 48.5 Å². The summed E-state index contributed by atoms with van der Waals surface area (Å²) in [5, 5.41) is 2.14. The van der Waals surface area contributed by atoms with Crippen molar-refractivity contribution in [2.24, 2.45) is 0 Å². The Morgan fingerprint density at radius 2 is 1.86 bits per heavy atom. The van der Waals surface area contributed by atoms with E-state index in [4.69, 9.17) is 13.9 Å². The van der Waals surface area contributed by atoms with Crippen LogP contribution in [0.3, 0.4) is 0 Å². The summed E-state index contributed by atoms with van der Waals surface area (Å²) in [5.41, 5.74) is 0.963. The Morgan fingerprint density at radius 1 is 1.09 bits per heavy atom. The summed E-state index contributed by atoms with van der Waals surface area (Å²) in [6.07, 6.45) is 1.75. The molecule has 112 valence electrons. The van der Waals surface area contributed by atoms with Gasteiger partial charge in [-0.05, 0) is 31.2 Å². The van der Waals surface area contributed by atoms with E-state index < -0.39 is 0 Å². The molecule has 0 aliphatic carbocycles. The van der Waals surface area contributed by atoms with E-state index in [0.717, 1.165) is 22.1 Å². The van der Waals surface area contributed by atoms with Crippen LogP contribution in [0.5, 0.6) is 5.75 Å². The average molecular weight is 296 g/mol. The smallest absolute Gasteiger partial charge is 0.344 e. The lowest BCUT2D eigenvalue weighted by molar-refractivity contribution is -0.145. The van der Waals surface area contributed by atoms with Crippen molar-refractivity contribution in [1.82, 2.24) is 0 Å². The molecule has 0 aliphatic rings. The number of hydrogen-bond acceptors (Lipinski definition) is 4. The highest BCUT2D eigenvalue weighted by Gasteiger charge is 2.09. The molecule has 3 aromatic rings. The summed E-state index contributed by atoms with van der Waals surface area (Å²) in [6, 6.07) is 15.4. The molecule has 0 N–H and O–H groups in total. The molecule has 1 heterocycles. The Bertz CT molecular complexity index is 771. The second-order valence-corrected chi connectivity index (χ2v) is 4.77. The zero-order valence-electron chi connectivity index (χ0n) is 12.2. The third-order valence-corrected chi connectivity index (χ3v) is 3.29. The fraction of sp³-hybridized carbons (Fsp3) is 0.167. The zero-order chi connectivity index (χ0) is 15.4. The Hall–Kier alpha value is -2.75. The summed E-state index contributed by atoms with van der Waals surface area (Å²) in [4.78, 5) is 11.3. The van der Waals surface area contributed by atoms with E-state index in [1.165, 1.54) is 0 Å². The molecule has 0 saturated heterocycles. The molecule has 0 amide bonds. The van der Waals surface area contributed by atoms with E-state index in [0.29, 0.717) is 12.4 Å². The van der Waals surface area contributed by atoms with Gasteiger partial charge in [-0.25, -0.2) is 4.79 Å². The molecule has 0 fully saturated rings. The van der Waals surface area contributed by atoms with Crippen LogP contribution in [0.2, 0.25) is 0 Å². The molecule has 4 heteroatoms. The second kappa shape index (κ2) is 6.35. The number of furan rings is 1. The van der Waals surface area contributed by atoms with Crippen LogP contribution in [0, 0.1) is 0 Å². The molecule has 2 aromatic carbocycles. The number of carbonyl (C=O) groups is 1. The molecule has 0 unspecified atom stereocenters. The van der Waals surface area contributed by atoms with Crippen LogP contribution in [0.15, 0.2) is 59.2 Å². The van der Waals surface area contributed by atoms with Crippen LogP contribution in [-0.2, 0) is 9.53 Å². The Kier molecular flexibility index (Phi) is 4.10. The predicted molar refractivity (Wildman–Crippen MR) is 83.8 cm³/mol. The number of benzene rings is 2. The number of rotatable bonds is 5. The van der Waals surface area contributed by atoms with Gasteiger partial charge in [0.05, 0.1) is 12.9 Å². The normalized spacial score (nSPS) is 10.6. The third kappa shape index (κ3) is 2.96. The van der Waals surface area contributed by atoms with Gasteiger partial charge in [0, 0.05) is 16.3 Å². The lowest BCUT2D eigenvalue weighted by atomic mass is 10.1.